The van der Waals surface area contributed by atoms with E-state index in [1.54, 1.807) is 16.9 Å². The Bertz CT molecular complexity index is 933. The van der Waals surface area contributed by atoms with Crippen LogP contribution in [0.1, 0.15) is 11.3 Å². The van der Waals surface area contributed by atoms with E-state index in [1.807, 2.05) is 24.4 Å². The van der Waals surface area contributed by atoms with Crippen LogP contribution in [0.15, 0.2) is 43.0 Å². The molecular formula is C17H20N8O. The van der Waals surface area contributed by atoms with E-state index >= 15 is 0 Å². The maximum atomic E-state index is 8.82. The predicted molar refractivity (Wildman–Crippen MR) is 101 cm³/mol. The Morgan fingerprint density at radius 3 is 3.08 bits per heavy atom. The number of fused-ring (bicyclic) bond motifs is 1. The van der Waals surface area contributed by atoms with Crippen LogP contribution >= 0.6 is 0 Å². The lowest BCUT2D eigenvalue weighted by Crippen LogP contribution is -2.13. The summed E-state index contributed by atoms with van der Waals surface area (Å²) in [6.45, 7) is 0.919. The average molecular weight is 352 g/mol. The van der Waals surface area contributed by atoms with Gasteiger partial charge in [0.15, 0.2) is 11.6 Å². The summed E-state index contributed by atoms with van der Waals surface area (Å²) < 4.78 is 1.79. The Hall–Kier alpha value is -3.46. The van der Waals surface area contributed by atoms with Crippen LogP contribution in [-0.4, -0.2) is 44.1 Å². The first-order chi connectivity index (χ1) is 12.7. The van der Waals surface area contributed by atoms with E-state index in [1.165, 1.54) is 12.4 Å². The van der Waals surface area contributed by atoms with Crippen molar-refractivity contribution in [3.8, 4) is 0 Å². The van der Waals surface area contributed by atoms with Gasteiger partial charge in [-0.2, -0.15) is 5.10 Å². The first kappa shape index (κ1) is 17.4. The van der Waals surface area contributed by atoms with Crippen molar-refractivity contribution >= 4 is 28.9 Å². The molecule has 0 fully saturated rings. The Morgan fingerprint density at radius 1 is 1.38 bits per heavy atom. The molecule has 3 heterocycles. The molecule has 0 amide bonds. The Balaban J connectivity index is 1.76. The van der Waals surface area contributed by atoms with Crippen LogP contribution < -0.4 is 16.4 Å². The van der Waals surface area contributed by atoms with Gasteiger partial charge in [0.25, 0.3) is 0 Å². The van der Waals surface area contributed by atoms with Gasteiger partial charge in [0.2, 0.25) is 0 Å². The third-order valence-corrected chi connectivity index (χ3v) is 3.69. The zero-order valence-electron chi connectivity index (χ0n) is 14.1. The molecule has 134 valence electrons. The molecule has 0 spiro atoms. The number of rotatable bonds is 8. The van der Waals surface area contributed by atoms with Crippen LogP contribution in [0.2, 0.25) is 0 Å². The normalized spacial score (nSPS) is 11.5. The van der Waals surface area contributed by atoms with Crippen molar-refractivity contribution < 1.29 is 5.11 Å². The molecule has 0 unspecified atom stereocenters. The van der Waals surface area contributed by atoms with Crippen molar-refractivity contribution in [1.82, 2.24) is 24.9 Å². The number of hydrogen-bond acceptors (Lipinski definition) is 8. The SMILES string of the molecule is N=C/C(=C\NCCO)c1cnc(N)c(NCc2ccn3nccc3c2)n1. The van der Waals surface area contributed by atoms with Crippen molar-refractivity contribution in [2.45, 2.75) is 6.54 Å². The number of nitrogens with one attached hydrogen (secondary N) is 3. The van der Waals surface area contributed by atoms with E-state index in [9.17, 15) is 0 Å². The molecule has 3 aromatic heterocycles. The molecule has 0 saturated heterocycles. The molecule has 0 aromatic carbocycles. The van der Waals surface area contributed by atoms with Gasteiger partial charge in [-0.1, -0.05) is 0 Å². The minimum atomic E-state index is 0.00351. The summed E-state index contributed by atoms with van der Waals surface area (Å²) in [5, 5.41) is 26.6. The smallest absolute Gasteiger partial charge is 0.169 e. The van der Waals surface area contributed by atoms with Crippen LogP contribution in [-0.2, 0) is 6.54 Å². The Kier molecular flexibility index (Phi) is 5.40. The van der Waals surface area contributed by atoms with Crippen molar-refractivity contribution in [2.75, 3.05) is 24.2 Å². The molecule has 9 nitrogen and oxygen atoms in total. The topological polar surface area (TPSA) is 137 Å². The fourth-order valence-corrected chi connectivity index (χ4v) is 2.37. The minimum Gasteiger partial charge on any atom is -0.395 e. The number of pyridine rings is 1. The first-order valence-corrected chi connectivity index (χ1v) is 8.05. The molecule has 3 rings (SSSR count). The van der Waals surface area contributed by atoms with E-state index < -0.39 is 0 Å². The number of aliphatic hydroxyl groups excluding tert-OH is 1. The summed E-state index contributed by atoms with van der Waals surface area (Å²) in [6.07, 6.45) is 7.93. The molecule has 6 N–H and O–H groups in total. The average Bonchev–Trinajstić information content (AvgIpc) is 3.13. The van der Waals surface area contributed by atoms with E-state index in [0.29, 0.717) is 30.2 Å². The molecule has 9 heteroatoms. The molecule has 0 aliphatic heterocycles. The molecule has 3 aromatic rings. The fraction of sp³-hybridized carbons (Fsp3) is 0.176. The van der Waals surface area contributed by atoms with Crippen LogP contribution in [0.25, 0.3) is 11.1 Å². The second kappa shape index (κ2) is 8.08. The molecule has 0 radical (unpaired) electrons. The number of hydrogen-bond donors (Lipinski definition) is 5. The van der Waals surface area contributed by atoms with E-state index in [0.717, 1.165) is 11.1 Å². The van der Waals surface area contributed by atoms with Crippen LogP contribution in [0.4, 0.5) is 11.6 Å². The highest BCUT2D eigenvalue weighted by Crippen LogP contribution is 2.18. The lowest BCUT2D eigenvalue weighted by atomic mass is 10.2. The van der Waals surface area contributed by atoms with Gasteiger partial charge in [0.05, 0.1) is 24.0 Å². The zero-order chi connectivity index (χ0) is 18.4. The van der Waals surface area contributed by atoms with E-state index in [4.69, 9.17) is 16.2 Å². The predicted octanol–water partition coefficient (Wildman–Crippen LogP) is 0.891. The van der Waals surface area contributed by atoms with Crippen LogP contribution in [0.3, 0.4) is 0 Å². The minimum absolute atomic E-state index is 0.00351. The van der Waals surface area contributed by atoms with Gasteiger partial charge in [-0.25, -0.2) is 14.5 Å². The van der Waals surface area contributed by atoms with Gasteiger partial charge in [0, 0.05) is 43.5 Å². The molecule has 0 saturated carbocycles. The second-order valence-electron chi connectivity index (χ2n) is 5.50. The highest BCUT2D eigenvalue weighted by molar-refractivity contribution is 6.07. The summed E-state index contributed by atoms with van der Waals surface area (Å²) in [6, 6.07) is 5.91. The monoisotopic (exact) mass is 352 g/mol. The van der Waals surface area contributed by atoms with Gasteiger partial charge in [-0.3, -0.25) is 0 Å². The number of nitrogens with zero attached hydrogens (tertiary/aromatic N) is 4. The molecule has 0 aliphatic rings. The second-order valence-corrected chi connectivity index (χ2v) is 5.50. The summed E-state index contributed by atoms with van der Waals surface area (Å²) in [5.41, 5.74) is 9.01. The van der Waals surface area contributed by atoms with E-state index in [2.05, 4.69) is 25.7 Å². The molecule has 0 aliphatic carbocycles. The Labute approximate surface area is 150 Å². The number of nitrogens with two attached hydrogens (primary N) is 1. The van der Waals surface area contributed by atoms with Gasteiger partial charge in [0.1, 0.15) is 0 Å². The quantitative estimate of drug-likeness (QED) is 0.300. The van der Waals surface area contributed by atoms with Crippen molar-refractivity contribution in [2.24, 2.45) is 0 Å². The zero-order valence-corrected chi connectivity index (χ0v) is 14.1. The van der Waals surface area contributed by atoms with Crippen LogP contribution in [0, 0.1) is 5.41 Å². The lowest BCUT2D eigenvalue weighted by molar-refractivity contribution is 0.298. The highest BCUT2D eigenvalue weighted by Gasteiger charge is 2.08. The summed E-state index contributed by atoms with van der Waals surface area (Å²) in [4.78, 5) is 8.60. The van der Waals surface area contributed by atoms with Crippen molar-refractivity contribution in [3.63, 3.8) is 0 Å². The number of anilines is 2. The fourth-order valence-electron chi connectivity index (χ4n) is 2.37. The van der Waals surface area contributed by atoms with Crippen LogP contribution in [0.5, 0.6) is 0 Å². The summed E-state index contributed by atoms with van der Waals surface area (Å²) in [7, 11) is 0. The largest absolute Gasteiger partial charge is 0.395 e. The van der Waals surface area contributed by atoms with Gasteiger partial charge >= 0.3 is 0 Å². The van der Waals surface area contributed by atoms with Crippen molar-refractivity contribution in [1.29, 1.82) is 5.41 Å². The Morgan fingerprint density at radius 2 is 2.27 bits per heavy atom. The van der Waals surface area contributed by atoms with E-state index in [-0.39, 0.29) is 12.4 Å². The standard InChI is InChI=1S/C17H20N8O/c18-8-13(10-20-4-6-26)15-11-21-16(19)17(24-15)22-9-12-2-5-25-14(7-12)1-3-23-25/h1-3,5,7-8,10-11,18,20,26H,4,6,9H2,(H2,19,21)(H,22,24)/b13-10+,18-8?. The lowest BCUT2D eigenvalue weighted by Gasteiger charge is -2.10. The summed E-state index contributed by atoms with van der Waals surface area (Å²) >= 11 is 0. The number of aliphatic hydroxyl groups is 1. The molecule has 26 heavy (non-hydrogen) atoms. The van der Waals surface area contributed by atoms with Gasteiger partial charge in [-0.15, -0.1) is 0 Å². The van der Waals surface area contributed by atoms with Crippen molar-refractivity contribution in [3.05, 3.63) is 54.2 Å². The third-order valence-electron chi connectivity index (χ3n) is 3.69. The third kappa shape index (κ3) is 3.95. The highest BCUT2D eigenvalue weighted by atomic mass is 16.3. The number of nitrogen functional groups attached to an aromatic ring is 1. The number of allylic oxidation sites excluding steroid dienone is 1. The maximum absolute atomic E-state index is 8.82. The maximum Gasteiger partial charge on any atom is 0.169 e. The molecule has 0 atom stereocenters. The number of aromatic nitrogens is 4. The molecule has 0 bridgehead atoms. The molecular weight excluding hydrogens is 332 g/mol. The summed E-state index contributed by atoms with van der Waals surface area (Å²) in [5.74, 6) is 0.734. The van der Waals surface area contributed by atoms with Gasteiger partial charge < -0.3 is 26.9 Å². The first-order valence-electron chi connectivity index (χ1n) is 8.05. The van der Waals surface area contributed by atoms with Gasteiger partial charge in [-0.05, 0) is 23.8 Å².